The van der Waals surface area contributed by atoms with Gasteiger partial charge in [0.15, 0.2) is 50.1 Å². The molecule has 0 radical (unpaired) electrons. The Morgan fingerprint density at radius 1 is 0.359 bits per heavy atom. The second kappa shape index (κ2) is 31.5. The lowest BCUT2D eigenvalue weighted by Crippen LogP contribution is -2.68. The molecule has 8 fully saturated rings. The molecule has 35 atom stereocenters. The van der Waals surface area contributed by atoms with Crippen molar-refractivity contribution < 1.29 is 181 Å². The number of aliphatic hydroxyl groups excluding tert-OH is 20. The number of benzene rings is 1. The van der Waals surface area contributed by atoms with Gasteiger partial charge >= 0.3 is 0 Å². The molecule has 1 aromatic rings. The van der Waals surface area contributed by atoms with Crippen molar-refractivity contribution in [2.75, 3.05) is 59.5 Å². The van der Waals surface area contributed by atoms with Gasteiger partial charge in [-0.15, -0.1) is 11.8 Å². The average molecular weight is 1380 g/mol. The number of thioether (sulfide) groups is 1. The Kier molecular flexibility index (Phi) is 25.5. The van der Waals surface area contributed by atoms with E-state index in [1.165, 1.54) is 25.6 Å². The van der Waals surface area contributed by atoms with Crippen LogP contribution in [0.4, 0.5) is 0 Å². The first-order valence-corrected chi connectivity index (χ1v) is 31.9. The number of ether oxygens (including phenoxy) is 14. The molecule has 37 nitrogen and oxygen atoms in total. The third kappa shape index (κ3) is 15.3. The molecule has 0 saturated carbocycles. The molecule has 92 heavy (non-hydrogen) atoms. The van der Waals surface area contributed by atoms with E-state index in [4.69, 9.17) is 70.5 Å². The van der Waals surface area contributed by atoms with E-state index in [1.54, 1.807) is 19.1 Å². The van der Waals surface area contributed by atoms with Gasteiger partial charge in [0.2, 0.25) is 0 Å². The third-order valence-electron chi connectivity index (χ3n) is 17.2. The van der Waals surface area contributed by atoms with Crippen LogP contribution in [0.5, 0.6) is 0 Å². The lowest BCUT2D eigenvalue weighted by Gasteiger charge is -2.50. The van der Waals surface area contributed by atoms with Gasteiger partial charge in [0, 0.05) is 0 Å². The molecule has 9 rings (SSSR count). The van der Waals surface area contributed by atoms with E-state index >= 15 is 0 Å². The Hall–Kier alpha value is -1.88. The first kappa shape index (κ1) is 74.3. The van der Waals surface area contributed by atoms with Crippen LogP contribution in [0, 0.1) is 20.8 Å². The normalized spacial score (nSPS) is 47.7. The standard InChI is InChI=1S/C53H84O37S2/c1-15-6-16(2)46(17(3)7-15)92(74,75)90-43-36(73)41(23(13-60)82-52(43)89-42-24(14-61)83-53(76-5-4-54)45-44(42)91-45)88-51-35(72)30(67)40(22(12-59)81-51)87-50-34(71)29(66)39(21(11-58)80-50)86-49-33(70)28(65)38(20(10-57)79-49)85-48-32(69)27(64)37(19(9-56)78-48)84-47-31(68)26(63)25(62)18(8-55)77-47/h6-7,18-45,47-73H,4-5,8-14H2,1-3H3/t18-,19-,20-,21-,22-,23-,24-,25-,26+,27-,28-,29-,30-,31-,32-,33-,34-,35-,36+,37-,38-,39-,40-,41-,42-,43-,44+,45-,47-,48-,49-,50-,51-,52-,53+/m1/s1. The van der Waals surface area contributed by atoms with Gasteiger partial charge in [-0.3, -0.25) is 4.18 Å². The second-order valence-corrected chi connectivity index (χ2v) is 26.3. The first-order chi connectivity index (χ1) is 43.7. The smallest absolute Gasteiger partial charge is 0.298 e. The first-order valence-electron chi connectivity index (χ1n) is 29.5. The SMILES string of the molecule is Cc1cc(C)c(S(=O)(=O)O[C@H]2[C@@H](O[C@H]3[C@@H]4S[C@H]4[C@@H](OCCO)O[C@@H]3CO)O[C@H](CO)[C@@H](O[C@H]3O[C@H](CO)[C@@H](O[C@H]4O[C@H](CO)[C@@H](O[C@H]5O[C@H](CO)[C@@H](O[C@H]6O[C@H](CO)[C@@H](O[C@H]7O[C@H](CO)[C@@H](O)[C@H](O)[C@H]7O)[C@H](O)[C@H]6O)[C@H](O)[C@H]5O)[C@H](O)[C@H]4O)[C@H](O)[C@H]3O)[C@@H]2O)c(C)c1. The summed E-state index contributed by atoms with van der Waals surface area (Å²) in [6.45, 7) is -2.36. The van der Waals surface area contributed by atoms with Crippen LogP contribution in [0.3, 0.4) is 0 Å². The number of hydrogen-bond donors (Lipinski definition) is 20. The zero-order valence-electron chi connectivity index (χ0n) is 49.4. The van der Waals surface area contributed by atoms with Crippen LogP contribution in [0.25, 0.3) is 0 Å². The Balaban J connectivity index is 0.844. The lowest BCUT2D eigenvalue weighted by molar-refractivity contribution is -0.396. The average Bonchev–Trinajstić information content (AvgIpc) is 1.46. The highest BCUT2D eigenvalue weighted by molar-refractivity contribution is 8.07. The summed E-state index contributed by atoms with van der Waals surface area (Å²) in [5.41, 5.74) is 1.24. The number of rotatable bonds is 25. The van der Waals surface area contributed by atoms with Crippen molar-refractivity contribution in [3.63, 3.8) is 0 Å². The maximum Gasteiger partial charge on any atom is 0.298 e. The van der Waals surface area contributed by atoms with Crippen LogP contribution in [-0.2, 0) is 80.6 Å². The summed E-state index contributed by atoms with van der Waals surface area (Å²) in [6.07, 6.45) is -62.2. The van der Waals surface area contributed by atoms with Gasteiger partial charge in [-0.05, 0) is 31.9 Å². The van der Waals surface area contributed by atoms with Crippen LogP contribution in [0.2, 0.25) is 0 Å². The molecule has 0 aromatic heterocycles. The second-order valence-electron chi connectivity index (χ2n) is 23.5. The van der Waals surface area contributed by atoms with Crippen molar-refractivity contribution in [1.29, 1.82) is 0 Å². The Morgan fingerprint density at radius 2 is 0.663 bits per heavy atom. The lowest BCUT2D eigenvalue weighted by atomic mass is 9.95. The monoisotopic (exact) mass is 1380 g/mol. The van der Waals surface area contributed by atoms with Gasteiger partial charge < -0.3 is 168 Å². The van der Waals surface area contributed by atoms with E-state index < -0.39 is 264 Å². The van der Waals surface area contributed by atoms with Gasteiger partial charge in [0.1, 0.15) is 153 Å². The minimum atomic E-state index is -4.87. The molecule has 8 aliphatic heterocycles. The topological polar surface area (TPSA) is 577 Å². The van der Waals surface area contributed by atoms with Crippen molar-refractivity contribution >= 4 is 21.9 Å². The summed E-state index contributed by atoms with van der Waals surface area (Å²) >= 11 is 1.31. The molecule has 20 N–H and O–H groups in total. The van der Waals surface area contributed by atoms with Crippen LogP contribution in [0.1, 0.15) is 16.7 Å². The van der Waals surface area contributed by atoms with Crippen LogP contribution < -0.4 is 0 Å². The summed E-state index contributed by atoms with van der Waals surface area (Å²) in [6, 6.07) is 3.15. The minimum Gasteiger partial charge on any atom is -0.394 e. The van der Waals surface area contributed by atoms with E-state index in [0.29, 0.717) is 5.56 Å². The molecule has 530 valence electrons. The largest absolute Gasteiger partial charge is 0.394 e. The van der Waals surface area contributed by atoms with E-state index in [9.17, 15) is 111 Å². The molecule has 0 bridgehead atoms. The number of aliphatic hydroxyl groups is 20. The Bertz CT molecular complexity index is 2590. The van der Waals surface area contributed by atoms with E-state index in [2.05, 4.69) is 0 Å². The van der Waals surface area contributed by atoms with Crippen molar-refractivity contribution in [3.8, 4) is 0 Å². The Morgan fingerprint density at radius 3 is 1.02 bits per heavy atom. The molecule has 0 amide bonds. The number of hydrogen-bond acceptors (Lipinski definition) is 38. The van der Waals surface area contributed by atoms with Crippen molar-refractivity contribution in [2.24, 2.45) is 0 Å². The fourth-order valence-electron chi connectivity index (χ4n) is 12.4. The highest BCUT2D eigenvalue weighted by Crippen LogP contribution is 2.53. The zero-order chi connectivity index (χ0) is 67.1. The van der Waals surface area contributed by atoms with E-state index in [0.717, 1.165) is 0 Å². The van der Waals surface area contributed by atoms with Crippen molar-refractivity contribution in [2.45, 2.75) is 239 Å². The predicted molar refractivity (Wildman–Crippen MR) is 292 cm³/mol. The molecule has 8 aliphatic rings. The van der Waals surface area contributed by atoms with Gasteiger partial charge in [-0.1, -0.05) is 17.7 Å². The summed E-state index contributed by atoms with van der Waals surface area (Å²) in [4.78, 5) is -0.276. The van der Waals surface area contributed by atoms with Crippen molar-refractivity contribution in [1.82, 2.24) is 0 Å². The van der Waals surface area contributed by atoms with Crippen LogP contribution in [-0.4, -0.2) is 383 Å². The van der Waals surface area contributed by atoms with Crippen LogP contribution >= 0.6 is 11.8 Å². The quantitative estimate of drug-likeness (QED) is 0.0319. The molecule has 8 saturated heterocycles. The molecule has 8 heterocycles. The number of fused-ring (bicyclic) bond motifs is 1. The minimum absolute atomic E-state index is 0.0909. The van der Waals surface area contributed by atoms with Gasteiger partial charge in [0.05, 0.1) is 74.9 Å². The maximum atomic E-state index is 14.3. The predicted octanol–water partition coefficient (Wildman–Crippen LogP) is -12.2. The summed E-state index contributed by atoms with van der Waals surface area (Å²) < 4.78 is 115. The highest BCUT2D eigenvalue weighted by Gasteiger charge is 2.62. The molecular weight excluding hydrogens is 1290 g/mol. The van der Waals surface area contributed by atoms with Gasteiger partial charge in [-0.2, -0.15) is 8.42 Å². The van der Waals surface area contributed by atoms with E-state index in [1.807, 2.05) is 0 Å². The summed E-state index contributed by atoms with van der Waals surface area (Å²) in [5.74, 6) is 0. The molecule has 0 unspecified atom stereocenters. The Labute approximate surface area is 528 Å². The maximum absolute atomic E-state index is 14.3. The van der Waals surface area contributed by atoms with Gasteiger partial charge in [0.25, 0.3) is 10.1 Å². The zero-order valence-corrected chi connectivity index (χ0v) is 51.1. The fourth-order valence-corrected chi connectivity index (χ4v) is 15.1. The molecule has 0 spiro atoms. The molecule has 1 aromatic carbocycles. The van der Waals surface area contributed by atoms with Gasteiger partial charge in [-0.25, -0.2) is 0 Å². The summed E-state index contributed by atoms with van der Waals surface area (Å²) in [7, 11) is -4.87. The van der Waals surface area contributed by atoms with E-state index in [-0.39, 0.29) is 34.5 Å². The van der Waals surface area contributed by atoms with Crippen LogP contribution in [0.15, 0.2) is 17.0 Å². The fraction of sp³-hybridized carbons (Fsp3) is 0.887. The highest BCUT2D eigenvalue weighted by atomic mass is 32.2. The molecular formula is C53H84O37S2. The number of aryl methyl sites for hydroxylation is 3. The molecule has 0 aliphatic carbocycles. The van der Waals surface area contributed by atoms with Crippen molar-refractivity contribution in [3.05, 3.63) is 28.8 Å². The summed E-state index contributed by atoms with van der Waals surface area (Å²) in [5, 5.41) is 215. The third-order valence-corrected chi connectivity index (χ3v) is 20.2. The molecule has 39 heteroatoms.